The molecule has 0 heterocycles. The molecule has 0 aliphatic heterocycles. The van der Waals surface area contributed by atoms with Crippen LogP contribution >= 0.6 is 0 Å². The molecule has 11 heteroatoms. The van der Waals surface area contributed by atoms with Gasteiger partial charge in [0.15, 0.2) is 0 Å². The highest BCUT2D eigenvalue weighted by atomic mass is 19.1. The fourth-order valence-electron chi connectivity index (χ4n) is 1.93. The van der Waals surface area contributed by atoms with Gasteiger partial charge < -0.3 is 10.4 Å². The van der Waals surface area contributed by atoms with E-state index >= 15 is 0 Å². The van der Waals surface area contributed by atoms with Crippen LogP contribution in [0.1, 0.15) is 17.5 Å². The van der Waals surface area contributed by atoms with Crippen molar-refractivity contribution < 1.29 is 19.3 Å². The number of benzene rings is 2. The van der Waals surface area contributed by atoms with Gasteiger partial charge in [0.05, 0.1) is 33.1 Å². The summed E-state index contributed by atoms with van der Waals surface area (Å²) < 4.78 is 12.6. The van der Waals surface area contributed by atoms with Gasteiger partial charge in [-0.05, 0) is 30.7 Å². The SMILES string of the molecule is N#Cc1ccc(F)c([N+](=O)[O-])c1.N#Cc1ccc(NCCCO)c([N+](=O)[O-])c1. The molecule has 144 valence electrons. The zero-order chi connectivity index (χ0) is 21.1. The number of anilines is 1. The Labute approximate surface area is 158 Å². The number of nitrogens with zero attached hydrogens (tertiary/aromatic N) is 4. The van der Waals surface area contributed by atoms with Crippen molar-refractivity contribution in [2.24, 2.45) is 0 Å². The fraction of sp³-hybridized carbons (Fsp3) is 0.176. The number of rotatable bonds is 6. The Morgan fingerprint density at radius 3 is 2.04 bits per heavy atom. The van der Waals surface area contributed by atoms with Gasteiger partial charge in [0, 0.05) is 25.3 Å². The van der Waals surface area contributed by atoms with Crippen LogP contribution in [0.25, 0.3) is 0 Å². The molecule has 0 atom stereocenters. The number of nitrogens with one attached hydrogen (secondary N) is 1. The van der Waals surface area contributed by atoms with Crippen molar-refractivity contribution in [1.29, 1.82) is 10.5 Å². The Kier molecular flexibility index (Phi) is 8.47. The van der Waals surface area contributed by atoms with E-state index in [4.69, 9.17) is 15.6 Å². The summed E-state index contributed by atoms with van der Waals surface area (Å²) in [7, 11) is 0. The van der Waals surface area contributed by atoms with E-state index in [-0.39, 0.29) is 23.4 Å². The van der Waals surface area contributed by atoms with E-state index in [0.29, 0.717) is 18.7 Å². The molecular weight excluding hydrogens is 373 g/mol. The van der Waals surface area contributed by atoms with Crippen molar-refractivity contribution in [3.63, 3.8) is 0 Å². The predicted molar refractivity (Wildman–Crippen MR) is 95.8 cm³/mol. The first-order valence-corrected chi connectivity index (χ1v) is 7.71. The van der Waals surface area contributed by atoms with E-state index < -0.39 is 21.4 Å². The molecule has 2 rings (SSSR count). The second-order valence-corrected chi connectivity index (χ2v) is 5.14. The molecule has 0 radical (unpaired) electrons. The van der Waals surface area contributed by atoms with Crippen LogP contribution in [0.2, 0.25) is 0 Å². The summed E-state index contributed by atoms with van der Waals surface area (Å²) in [6.07, 6.45) is 0.511. The van der Waals surface area contributed by atoms with Crippen LogP contribution in [0, 0.1) is 48.7 Å². The van der Waals surface area contributed by atoms with Gasteiger partial charge in [0.2, 0.25) is 5.82 Å². The molecule has 0 amide bonds. The summed E-state index contributed by atoms with van der Waals surface area (Å²) in [5.41, 5.74) is -0.119. The molecule has 0 aliphatic carbocycles. The van der Waals surface area contributed by atoms with Crippen LogP contribution in [0.4, 0.5) is 21.5 Å². The van der Waals surface area contributed by atoms with Crippen LogP contribution in [-0.4, -0.2) is 28.1 Å². The highest BCUT2D eigenvalue weighted by molar-refractivity contribution is 5.64. The topological polar surface area (TPSA) is 166 Å². The van der Waals surface area contributed by atoms with Crippen LogP contribution < -0.4 is 5.32 Å². The lowest BCUT2D eigenvalue weighted by Gasteiger charge is -2.05. The minimum Gasteiger partial charge on any atom is -0.396 e. The minimum atomic E-state index is -0.931. The standard InChI is InChI=1S/C10H11N3O3.C7H3FN2O2/c11-7-8-2-3-9(12-4-1-5-14)10(6-8)13(15)16;8-6-2-1-5(4-9)3-7(6)10(11)12/h2-3,6,12,14H,1,4-5H2;1-3H. The van der Waals surface area contributed by atoms with Crippen molar-refractivity contribution in [3.8, 4) is 12.1 Å². The molecule has 0 fully saturated rings. The third-order valence-electron chi connectivity index (χ3n) is 3.25. The van der Waals surface area contributed by atoms with Crippen LogP contribution in [0.15, 0.2) is 36.4 Å². The Balaban J connectivity index is 0.000000292. The number of aliphatic hydroxyl groups excluding tert-OH is 1. The Hall–Kier alpha value is -4.09. The number of nitro groups is 2. The van der Waals surface area contributed by atoms with E-state index in [0.717, 1.165) is 12.1 Å². The summed E-state index contributed by atoms with van der Waals surface area (Å²) in [6.45, 7) is 0.473. The molecule has 10 nitrogen and oxygen atoms in total. The molecule has 2 N–H and O–H groups in total. The smallest absolute Gasteiger partial charge is 0.306 e. The van der Waals surface area contributed by atoms with Gasteiger partial charge in [0.25, 0.3) is 5.69 Å². The van der Waals surface area contributed by atoms with Crippen molar-refractivity contribution >= 4 is 17.1 Å². The third kappa shape index (κ3) is 6.33. The monoisotopic (exact) mass is 387 g/mol. The number of hydrogen-bond donors (Lipinski definition) is 2. The van der Waals surface area contributed by atoms with Gasteiger partial charge >= 0.3 is 5.69 Å². The predicted octanol–water partition coefficient (Wildman–Crippen LogP) is 2.87. The van der Waals surface area contributed by atoms with Crippen LogP contribution in [0.3, 0.4) is 0 Å². The molecule has 0 aromatic heterocycles. The number of nitro benzene ring substituents is 2. The van der Waals surface area contributed by atoms with Crippen molar-refractivity contribution in [3.05, 3.63) is 73.6 Å². The maximum Gasteiger partial charge on any atom is 0.306 e. The number of hydrogen-bond acceptors (Lipinski definition) is 8. The van der Waals surface area contributed by atoms with Gasteiger partial charge in [0.1, 0.15) is 5.69 Å². The summed E-state index contributed by atoms with van der Waals surface area (Å²) in [4.78, 5) is 19.5. The lowest BCUT2D eigenvalue weighted by Crippen LogP contribution is -2.05. The molecule has 0 aliphatic rings. The second kappa shape index (κ2) is 10.8. The maximum absolute atomic E-state index is 12.6. The molecule has 2 aromatic rings. The molecule has 0 spiro atoms. The highest BCUT2D eigenvalue weighted by Crippen LogP contribution is 2.25. The quantitative estimate of drug-likeness (QED) is 0.433. The fourth-order valence-corrected chi connectivity index (χ4v) is 1.93. The zero-order valence-corrected chi connectivity index (χ0v) is 14.3. The zero-order valence-electron chi connectivity index (χ0n) is 14.3. The van der Waals surface area contributed by atoms with Gasteiger partial charge in [-0.2, -0.15) is 14.9 Å². The molecule has 0 saturated heterocycles. The third-order valence-corrected chi connectivity index (χ3v) is 3.25. The molecule has 0 saturated carbocycles. The molecule has 2 aromatic carbocycles. The number of nitriles is 2. The van der Waals surface area contributed by atoms with Crippen LogP contribution in [-0.2, 0) is 0 Å². The average molecular weight is 387 g/mol. The molecular formula is C17H14FN5O5. The summed E-state index contributed by atoms with van der Waals surface area (Å²) in [6, 6.07) is 10.7. The first-order valence-electron chi connectivity index (χ1n) is 7.71. The first-order chi connectivity index (χ1) is 13.3. The van der Waals surface area contributed by atoms with Gasteiger partial charge in [-0.1, -0.05) is 0 Å². The summed E-state index contributed by atoms with van der Waals surface area (Å²) >= 11 is 0. The summed E-state index contributed by atoms with van der Waals surface area (Å²) in [5, 5.41) is 49.3. The largest absolute Gasteiger partial charge is 0.396 e. The highest BCUT2D eigenvalue weighted by Gasteiger charge is 2.14. The van der Waals surface area contributed by atoms with E-state index in [1.54, 1.807) is 6.07 Å². The minimum absolute atomic E-state index is 0.0249. The lowest BCUT2D eigenvalue weighted by molar-refractivity contribution is -0.387. The number of aliphatic hydroxyl groups is 1. The van der Waals surface area contributed by atoms with Crippen molar-refractivity contribution in [2.75, 3.05) is 18.5 Å². The Morgan fingerprint density at radius 2 is 1.54 bits per heavy atom. The normalized spacial score (nSPS) is 9.29. The molecule has 0 bridgehead atoms. The van der Waals surface area contributed by atoms with Gasteiger partial charge in [-0.25, -0.2) is 0 Å². The van der Waals surface area contributed by atoms with Crippen molar-refractivity contribution in [1.82, 2.24) is 0 Å². The van der Waals surface area contributed by atoms with E-state index in [1.165, 1.54) is 24.3 Å². The van der Waals surface area contributed by atoms with Gasteiger partial charge in [-0.15, -0.1) is 0 Å². The second-order valence-electron chi connectivity index (χ2n) is 5.14. The van der Waals surface area contributed by atoms with E-state index in [1.807, 2.05) is 6.07 Å². The average Bonchev–Trinajstić information content (AvgIpc) is 2.69. The summed E-state index contributed by atoms with van der Waals surface area (Å²) in [5.74, 6) is -0.931. The van der Waals surface area contributed by atoms with Crippen molar-refractivity contribution in [2.45, 2.75) is 6.42 Å². The number of halogens is 1. The molecule has 0 unspecified atom stereocenters. The van der Waals surface area contributed by atoms with Crippen LogP contribution in [0.5, 0.6) is 0 Å². The maximum atomic E-state index is 12.6. The molecule has 28 heavy (non-hydrogen) atoms. The van der Waals surface area contributed by atoms with Gasteiger partial charge in [-0.3, -0.25) is 20.2 Å². The van der Waals surface area contributed by atoms with E-state index in [9.17, 15) is 24.6 Å². The Bertz CT molecular complexity index is 952. The Morgan fingerprint density at radius 1 is 1.00 bits per heavy atom. The first kappa shape index (κ1) is 22.0. The lowest BCUT2D eigenvalue weighted by atomic mass is 10.2. The van der Waals surface area contributed by atoms with E-state index in [2.05, 4.69) is 5.32 Å².